The first-order valence-electron chi connectivity index (χ1n) is 9.53. The van der Waals surface area contributed by atoms with E-state index in [0.29, 0.717) is 0 Å². The van der Waals surface area contributed by atoms with Crippen molar-refractivity contribution in [1.29, 1.82) is 0 Å². The van der Waals surface area contributed by atoms with Crippen molar-refractivity contribution in [2.24, 2.45) is 0 Å². The lowest BCUT2D eigenvalue weighted by Gasteiger charge is -2.19. The van der Waals surface area contributed by atoms with Crippen molar-refractivity contribution < 1.29 is 9.18 Å². The summed E-state index contributed by atoms with van der Waals surface area (Å²) in [6.07, 6.45) is 1.87. The highest BCUT2D eigenvalue weighted by molar-refractivity contribution is 7.11. The molecule has 3 nitrogen and oxygen atoms in total. The molecule has 0 saturated carbocycles. The van der Waals surface area contributed by atoms with Crippen molar-refractivity contribution in [3.8, 4) is 0 Å². The summed E-state index contributed by atoms with van der Waals surface area (Å²) in [7, 11) is 0. The Hall–Kier alpha value is -2.02. The summed E-state index contributed by atoms with van der Waals surface area (Å²) in [5, 5.41) is 7.32. The molecule has 3 aromatic rings. The molecular formula is C22H23FN2OS2. The van der Waals surface area contributed by atoms with Gasteiger partial charge in [-0.25, -0.2) is 4.39 Å². The third kappa shape index (κ3) is 4.69. The minimum atomic E-state index is -0.215. The number of nitrogens with one attached hydrogen (secondary N) is 1. The summed E-state index contributed by atoms with van der Waals surface area (Å²) < 4.78 is 13.0. The molecule has 28 heavy (non-hydrogen) atoms. The van der Waals surface area contributed by atoms with E-state index in [4.69, 9.17) is 0 Å². The van der Waals surface area contributed by atoms with Crippen LogP contribution in [0, 0.1) is 5.82 Å². The second-order valence-electron chi connectivity index (χ2n) is 7.14. The van der Waals surface area contributed by atoms with Gasteiger partial charge in [-0.1, -0.05) is 24.3 Å². The number of likely N-dealkylation sites (tertiary alicyclic amines) is 1. The molecule has 4 rings (SSSR count). The highest BCUT2D eigenvalue weighted by Crippen LogP contribution is 2.31. The quantitative estimate of drug-likeness (QED) is 0.617. The monoisotopic (exact) mass is 414 g/mol. The number of benzene rings is 1. The minimum absolute atomic E-state index is 0.0929. The van der Waals surface area contributed by atoms with E-state index in [9.17, 15) is 9.18 Å². The summed E-state index contributed by atoms with van der Waals surface area (Å²) in [4.78, 5) is 17.6. The van der Waals surface area contributed by atoms with E-state index in [0.717, 1.165) is 47.8 Å². The first kappa shape index (κ1) is 19.3. The van der Waals surface area contributed by atoms with Crippen LogP contribution in [0.3, 0.4) is 0 Å². The molecule has 0 aliphatic carbocycles. The Morgan fingerprint density at radius 2 is 1.79 bits per heavy atom. The normalized spacial score (nSPS) is 17.3. The van der Waals surface area contributed by atoms with Gasteiger partial charge in [0.25, 0.3) is 0 Å². The number of nitrogens with zero attached hydrogens (tertiary/aromatic N) is 1. The third-order valence-electron chi connectivity index (χ3n) is 5.17. The van der Waals surface area contributed by atoms with Gasteiger partial charge in [-0.2, -0.15) is 0 Å². The summed E-state index contributed by atoms with van der Waals surface area (Å²) in [6.45, 7) is 2.78. The summed E-state index contributed by atoms with van der Waals surface area (Å²) in [5.74, 6) is -0.317. The fourth-order valence-electron chi connectivity index (χ4n) is 3.69. The van der Waals surface area contributed by atoms with E-state index in [-0.39, 0.29) is 23.7 Å². The number of rotatable bonds is 7. The zero-order valence-electron chi connectivity index (χ0n) is 15.5. The van der Waals surface area contributed by atoms with Gasteiger partial charge in [0.2, 0.25) is 5.91 Å². The highest BCUT2D eigenvalue weighted by atomic mass is 32.1. The van der Waals surface area contributed by atoms with Gasteiger partial charge in [0.15, 0.2) is 0 Å². The first-order chi connectivity index (χ1) is 13.7. The van der Waals surface area contributed by atoms with Gasteiger partial charge in [0.1, 0.15) is 11.7 Å². The van der Waals surface area contributed by atoms with Crippen LogP contribution in [0.5, 0.6) is 0 Å². The van der Waals surface area contributed by atoms with Gasteiger partial charge in [-0.05, 0) is 53.4 Å². The fraction of sp³-hybridized carbons (Fsp3) is 0.318. The maximum atomic E-state index is 13.1. The van der Waals surface area contributed by atoms with Crippen LogP contribution in [-0.4, -0.2) is 36.5 Å². The molecule has 0 bridgehead atoms. The molecule has 1 unspecified atom stereocenters. The van der Waals surface area contributed by atoms with E-state index in [1.807, 2.05) is 47.2 Å². The molecule has 0 spiro atoms. The van der Waals surface area contributed by atoms with Crippen LogP contribution >= 0.6 is 22.7 Å². The topological polar surface area (TPSA) is 32.3 Å². The Labute approximate surface area is 172 Å². The second kappa shape index (κ2) is 8.99. The minimum Gasteiger partial charge on any atom is -0.351 e. The summed E-state index contributed by atoms with van der Waals surface area (Å²) in [5.41, 5.74) is 1.14. The molecular weight excluding hydrogens is 391 g/mol. The number of amides is 1. The lowest BCUT2D eigenvalue weighted by Crippen LogP contribution is -2.40. The number of hydrogen-bond donors (Lipinski definition) is 1. The van der Waals surface area contributed by atoms with Crippen LogP contribution in [0.4, 0.5) is 4.39 Å². The number of carbonyl (C=O) groups is 1. The molecule has 146 valence electrons. The fourth-order valence-corrected chi connectivity index (χ4v) is 5.44. The average Bonchev–Trinajstić information content (AvgIpc) is 3.45. The van der Waals surface area contributed by atoms with E-state index in [1.165, 1.54) is 12.1 Å². The molecule has 1 aliphatic heterocycles. The van der Waals surface area contributed by atoms with Gasteiger partial charge in [0.05, 0.1) is 0 Å². The largest absolute Gasteiger partial charge is 0.351 e. The van der Waals surface area contributed by atoms with Crippen LogP contribution in [0.1, 0.15) is 27.7 Å². The standard InChI is InChI=1S/C22H23FN2OS2/c23-17-7-5-16(6-8-17)9-11-25-12-10-18(15-25)24-22(26)21(19-3-1-13-27-19)20-4-2-14-28-20/h1-8,13-14,18,21H,9-12,15H2,(H,24,26). The molecule has 0 radical (unpaired) electrons. The Kier molecular flexibility index (Phi) is 6.20. The van der Waals surface area contributed by atoms with Crippen molar-refractivity contribution in [1.82, 2.24) is 10.2 Å². The van der Waals surface area contributed by atoms with Gasteiger partial charge in [0, 0.05) is 35.4 Å². The average molecular weight is 415 g/mol. The smallest absolute Gasteiger partial charge is 0.233 e. The predicted octanol–water partition coefficient (Wildman–Crippen LogP) is 4.51. The number of hydrogen-bond acceptors (Lipinski definition) is 4. The maximum absolute atomic E-state index is 13.1. The molecule has 1 aromatic carbocycles. The van der Waals surface area contributed by atoms with E-state index in [2.05, 4.69) is 10.2 Å². The zero-order valence-corrected chi connectivity index (χ0v) is 17.1. The number of halogens is 1. The van der Waals surface area contributed by atoms with Gasteiger partial charge >= 0.3 is 0 Å². The van der Waals surface area contributed by atoms with Crippen molar-refractivity contribution >= 4 is 28.6 Å². The second-order valence-corrected chi connectivity index (χ2v) is 9.09. The van der Waals surface area contributed by atoms with Crippen LogP contribution in [0.15, 0.2) is 59.3 Å². The summed E-state index contributed by atoms with van der Waals surface area (Å²) >= 11 is 3.26. The third-order valence-corrected chi connectivity index (χ3v) is 7.04. The molecule has 1 fully saturated rings. The predicted molar refractivity (Wildman–Crippen MR) is 114 cm³/mol. The van der Waals surface area contributed by atoms with Crippen molar-refractivity contribution in [3.05, 3.63) is 80.4 Å². The zero-order chi connectivity index (χ0) is 19.3. The SMILES string of the molecule is O=C(NC1CCN(CCc2ccc(F)cc2)C1)C(c1cccs1)c1cccs1. The lowest BCUT2D eigenvalue weighted by atomic mass is 10.0. The van der Waals surface area contributed by atoms with Gasteiger partial charge < -0.3 is 10.2 Å². The Morgan fingerprint density at radius 3 is 2.39 bits per heavy atom. The molecule has 3 heterocycles. The first-order valence-corrected chi connectivity index (χ1v) is 11.3. The molecule has 1 aliphatic rings. The lowest BCUT2D eigenvalue weighted by molar-refractivity contribution is -0.122. The van der Waals surface area contributed by atoms with Crippen molar-refractivity contribution in [2.45, 2.75) is 24.8 Å². The molecule has 1 saturated heterocycles. The van der Waals surface area contributed by atoms with Crippen molar-refractivity contribution in [2.75, 3.05) is 19.6 Å². The van der Waals surface area contributed by atoms with Gasteiger partial charge in [-0.3, -0.25) is 4.79 Å². The Balaban J connectivity index is 1.32. The maximum Gasteiger partial charge on any atom is 0.233 e. The van der Waals surface area contributed by atoms with E-state index < -0.39 is 0 Å². The summed E-state index contributed by atoms with van der Waals surface area (Å²) in [6, 6.07) is 15.0. The van der Waals surface area contributed by atoms with Crippen LogP contribution < -0.4 is 5.32 Å². The molecule has 1 N–H and O–H groups in total. The number of carbonyl (C=O) groups excluding carboxylic acids is 1. The van der Waals surface area contributed by atoms with Crippen molar-refractivity contribution in [3.63, 3.8) is 0 Å². The Bertz CT molecular complexity index is 844. The molecule has 1 amide bonds. The molecule has 1 atom stereocenters. The van der Waals surface area contributed by atoms with Crippen LogP contribution in [-0.2, 0) is 11.2 Å². The molecule has 6 heteroatoms. The van der Waals surface area contributed by atoms with Crippen LogP contribution in [0.2, 0.25) is 0 Å². The number of thiophene rings is 2. The van der Waals surface area contributed by atoms with Crippen LogP contribution in [0.25, 0.3) is 0 Å². The van der Waals surface area contributed by atoms with Gasteiger partial charge in [-0.15, -0.1) is 22.7 Å². The molecule has 2 aromatic heterocycles. The highest BCUT2D eigenvalue weighted by Gasteiger charge is 2.29. The Morgan fingerprint density at radius 1 is 1.11 bits per heavy atom. The van der Waals surface area contributed by atoms with E-state index in [1.54, 1.807) is 22.7 Å². The van der Waals surface area contributed by atoms with E-state index >= 15 is 0 Å².